The van der Waals surface area contributed by atoms with Crippen molar-refractivity contribution in [1.29, 1.82) is 0 Å². The Labute approximate surface area is 98.4 Å². The molecule has 0 aliphatic heterocycles. The fourth-order valence-electron chi connectivity index (χ4n) is 1.35. The Bertz CT molecular complexity index is 383. The largest absolute Gasteiger partial charge is 0.463 e. The van der Waals surface area contributed by atoms with Gasteiger partial charge in [-0.3, -0.25) is 0 Å². The maximum atomic E-state index is 11.5. The molecule has 1 heterocycles. The topological polar surface area (TPSA) is 100 Å². The molecule has 0 saturated heterocycles. The number of hydrogen-bond acceptors (Lipinski definition) is 6. The molecular formula is C11H16O6. The van der Waals surface area contributed by atoms with Crippen LogP contribution in [0.25, 0.3) is 0 Å². The zero-order chi connectivity index (χ0) is 13.0. The van der Waals surface area contributed by atoms with Crippen molar-refractivity contribution in [3.8, 4) is 0 Å². The molecule has 0 aliphatic rings. The van der Waals surface area contributed by atoms with Crippen molar-refractivity contribution in [2.75, 3.05) is 13.2 Å². The van der Waals surface area contributed by atoms with E-state index in [9.17, 15) is 15.0 Å². The van der Waals surface area contributed by atoms with E-state index in [1.807, 2.05) is 0 Å². The molecule has 96 valence electrons. The van der Waals surface area contributed by atoms with E-state index in [-0.39, 0.29) is 17.9 Å². The predicted molar refractivity (Wildman–Crippen MR) is 57.5 cm³/mol. The zero-order valence-electron chi connectivity index (χ0n) is 9.71. The molecule has 1 aromatic heterocycles. The van der Waals surface area contributed by atoms with Gasteiger partial charge in [-0.15, -0.1) is 0 Å². The molecule has 0 saturated carbocycles. The van der Waals surface area contributed by atoms with Crippen LogP contribution in [0.3, 0.4) is 0 Å². The SMILES string of the molecule is CCOC(=O)c1cc([C@@H](O)[C@@H](O)CO)oc1C. The monoisotopic (exact) mass is 244 g/mol. The number of rotatable bonds is 5. The molecule has 6 heteroatoms. The third-order valence-corrected chi connectivity index (χ3v) is 2.28. The highest BCUT2D eigenvalue weighted by Crippen LogP contribution is 2.23. The summed E-state index contributed by atoms with van der Waals surface area (Å²) in [7, 11) is 0. The van der Waals surface area contributed by atoms with Gasteiger partial charge in [-0.05, 0) is 19.9 Å². The lowest BCUT2D eigenvalue weighted by Gasteiger charge is -2.12. The average Bonchev–Trinajstić information content (AvgIpc) is 2.69. The molecular weight excluding hydrogens is 228 g/mol. The van der Waals surface area contributed by atoms with Crippen LogP contribution in [0, 0.1) is 6.92 Å². The minimum absolute atomic E-state index is 0.0205. The molecule has 0 amide bonds. The van der Waals surface area contributed by atoms with E-state index in [0.29, 0.717) is 5.76 Å². The molecule has 3 N–H and O–H groups in total. The van der Waals surface area contributed by atoms with Gasteiger partial charge >= 0.3 is 5.97 Å². The van der Waals surface area contributed by atoms with E-state index < -0.39 is 24.8 Å². The molecule has 0 aromatic carbocycles. The van der Waals surface area contributed by atoms with E-state index in [4.69, 9.17) is 14.3 Å². The van der Waals surface area contributed by atoms with Gasteiger partial charge in [0.05, 0.1) is 13.2 Å². The van der Waals surface area contributed by atoms with Gasteiger partial charge in [-0.2, -0.15) is 0 Å². The lowest BCUT2D eigenvalue weighted by Crippen LogP contribution is -2.21. The summed E-state index contributed by atoms with van der Waals surface area (Å²) in [6.45, 7) is 2.86. The quantitative estimate of drug-likeness (QED) is 0.637. The van der Waals surface area contributed by atoms with E-state index in [1.54, 1.807) is 13.8 Å². The third-order valence-electron chi connectivity index (χ3n) is 2.28. The maximum Gasteiger partial charge on any atom is 0.341 e. The molecule has 1 rings (SSSR count). The van der Waals surface area contributed by atoms with Crippen LogP contribution in [-0.2, 0) is 4.74 Å². The number of esters is 1. The molecule has 2 atom stereocenters. The summed E-state index contributed by atoms with van der Waals surface area (Å²) < 4.78 is 9.94. The Morgan fingerprint density at radius 2 is 2.18 bits per heavy atom. The number of aliphatic hydroxyl groups is 3. The van der Waals surface area contributed by atoms with Gasteiger partial charge < -0.3 is 24.5 Å². The summed E-state index contributed by atoms with van der Waals surface area (Å²) in [4.78, 5) is 11.5. The molecule has 0 unspecified atom stereocenters. The number of carbonyl (C=O) groups excluding carboxylic acids is 1. The first-order valence-electron chi connectivity index (χ1n) is 5.25. The van der Waals surface area contributed by atoms with Gasteiger partial charge in [0.1, 0.15) is 29.3 Å². The smallest absolute Gasteiger partial charge is 0.341 e. The van der Waals surface area contributed by atoms with E-state index >= 15 is 0 Å². The first kappa shape index (κ1) is 13.7. The number of aryl methyl sites for hydroxylation is 1. The van der Waals surface area contributed by atoms with Crippen molar-refractivity contribution in [1.82, 2.24) is 0 Å². The molecule has 0 aliphatic carbocycles. The molecule has 17 heavy (non-hydrogen) atoms. The highest BCUT2D eigenvalue weighted by atomic mass is 16.5. The van der Waals surface area contributed by atoms with Crippen LogP contribution in [0.2, 0.25) is 0 Å². The van der Waals surface area contributed by atoms with Crippen LogP contribution in [0.5, 0.6) is 0 Å². The highest BCUT2D eigenvalue weighted by Gasteiger charge is 2.24. The van der Waals surface area contributed by atoms with E-state index in [0.717, 1.165) is 0 Å². The molecule has 6 nitrogen and oxygen atoms in total. The minimum Gasteiger partial charge on any atom is -0.463 e. The number of aliphatic hydroxyl groups excluding tert-OH is 3. The third kappa shape index (κ3) is 3.06. The molecule has 0 spiro atoms. The Balaban J connectivity index is 2.91. The van der Waals surface area contributed by atoms with Gasteiger partial charge in [0.15, 0.2) is 0 Å². The second kappa shape index (κ2) is 5.81. The summed E-state index contributed by atoms with van der Waals surface area (Å²) in [6, 6.07) is 1.30. The van der Waals surface area contributed by atoms with E-state index in [1.165, 1.54) is 6.07 Å². The summed E-state index contributed by atoms with van der Waals surface area (Å²) in [6.07, 6.45) is -2.72. The normalized spacial score (nSPS) is 14.4. The lowest BCUT2D eigenvalue weighted by atomic mass is 10.1. The Morgan fingerprint density at radius 3 is 2.71 bits per heavy atom. The van der Waals surface area contributed by atoms with Crippen molar-refractivity contribution in [3.05, 3.63) is 23.2 Å². The standard InChI is InChI=1S/C11H16O6/c1-3-16-11(15)7-4-9(17-6(7)2)10(14)8(13)5-12/h4,8,10,12-14H,3,5H2,1-2H3/t8-,10-/m0/s1. The van der Waals surface area contributed by atoms with Gasteiger partial charge in [-0.1, -0.05) is 0 Å². The first-order chi connectivity index (χ1) is 8.01. The fraction of sp³-hybridized carbons (Fsp3) is 0.545. The highest BCUT2D eigenvalue weighted by molar-refractivity contribution is 5.90. The van der Waals surface area contributed by atoms with Crippen LogP contribution >= 0.6 is 0 Å². The van der Waals surface area contributed by atoms with Gasteiger partial charge in [-0.25, -0.2) is 4.79 Å². The summed E-state index contributed by atoms with van der Waals surface area (Å²) in [5, 5.41) is 27.5. The number of carbonyl (C=O) groups is 1. The first-order valence-corrected chi connectivity index (χ1v) is 5.25. The predicted octanol–water partition coefficient (Wildman–Crippen LogP) is 0.151. The van der Waals surface area contributed by atoms with E-state index in [2.05, 4.69) is 0 Å². The van der Waals surface area contributed by atoms with Crippen molar-refractivity contribution in [3.63, 3.8) is 0 Å². The van der Waals surface area contributed by atoms with Crippen LogP contribution in [-0.4, -0.2) is 40.6 Å². The average molecular weight is 244 g/mol. The Morgan fingerprint density at radius 1 is 1.53 bits per heavy atom. The van der Waals surface area contributed by atoms with Crippen molar-refractivity contribution >= 4 is 5.97 Å². The van der Waals surface area contributed by atoms with Gasteiger partial charge in [0, 0.05) is 0 Å². The van der Waals surface area contributed by atoms with Crippen LogP contribution in [0.15, 0.2) is 10.5 Å². The maximum absolute atomic E-state index is 11.5. The minimum atomic E-state index is -1.37. The van der Waals surface area contributed by atoms with Gasteiger partial charge in [0.2, 0.25) is 0 Å². The number of furan rings is 1. The second-order valence-corrected chi connectivity index (χ2v) is 3.53. The zero-order valence-corrected chi connectivity index (χ0v) is 9.71. The molecule has 1 aromatic rings. The lowest BCUT2D eigenvalue weighted by molar-refractivity contribution is -0.0254. The fourth-order valence-corrected chi connectivity index (χ4v) is 1.35. The van der Waals surface area contributed by atoms with Crippen LogP contribution < -0.4 is 0 Å². The second-order valence-electron chi connectivity index (χ2n) is 3.53. The molecule has 0 fully saturated rings. The summed E-state index contributed by atoms with van der Waals surface area (Å²) >= 11 is 0. The van der Waals surface area contributed by atoms with Crippen LogP contribution in [0.1, 0.15) is 34.9 Å². The number of ether oxygens (including phenoxy) is 1. The molecule has 0 radical (unpaired) electrons. The summed E-state index contributed by atoms with van der Waals surface area (Å²) in [5.41, 5.74) is 0.200. The van der Waals surface area contributed by atoms with Crippen molar-refractivity contribution in [2.24, 2.45) is 0 Å². The van der Waals surface area contributed by atoms with Crippen molar-refractivity contribution < 1.29 is 29.3 Å². The van der Waals surface area contributed by atoms with Crippen molar-refractivity contribution in [2.45, 2.75) is 26.1 Å². The summed E-state index contributed by atoms with van der Waals surface area (Å²) in [5.74, 6) is -0.236. The number of hydrogen-bond donors (Lipinski definition) is 3. The molecule has 0 bridgehead atoms. The van der Waals surface area contributed by atoms with Crippen LogP contribution in [0.4, 0.5) is 0 Å². The Hall–Kier alpha value is -1.37. The Kier molecular flexibility index (Phi) is 4.68. The van der Waals surface area contributed by atoms with Gasteiger partial charge in [0.25, 0.3) is 0 Å².